The highest BCUT2D eigenvalue weighted by molar-refractivity contribution is 9.10. The summed E-state index contributed by atoms with van der Waals surface area (Å²) in [7, 11) is 0. The van der Waals surface area contributed by atoms with Gasteiger partial charge in [-0.1, -0.05) is 12.1 Å². The van der Waals surface area contributed by atoms with Gasteiger partial charge < -0.3 is 9.84 Å². The first kappa shape index (κ1) is 12.1. The van der Waals surface area contributed by atoms with E-state index in [1.807, 2.05) is 37.3 Å². The van der Waals surface area contributed by atoms with E-state index in [2.05, 4.69) is 20.9 Å². The summed E-state index contributed by atoms with van der Waals surface area (Å²) in [4.78, 5) is 4.26. The van der Waals surface area contributed by atoms with Crippen molar-refractivity contribution in [1.82, 2.24) is 4.98 Å². The van der Waals surface area contributed by atoms with Crippen LogP contribution in [0, 0.1) is 6.92 Å². The highest BCUT2D eigenvalue weighted by Crippen LogP contribution is 2.28. The summed E-state index contributed by atoms with van der Waals surface area (Å²) in [6.07, 6.45) is 0. The van der Waals surface area contributed by atoms with Crippen molar-refractivity contribution in [3.63, 3.8) is 0 Å². The Labute approximate surface area is 108 Å². The van der Waals surface area contributed by atoms with Gasteiger partial charge in [-0.05, 0) is 46.6 Å². The molecule has 1 heterocycles. The number of aliphatic hydroxyl groups excluding tert-OH is 1. The Hall–Kier alpha value is -1.39. The minimum absolute atomic E-state index is 0.0182. The van der Waals surface area contributed by atoms with Gasteiger partial charge in [0.05, 0.1) is 11.1 Å². The van der Waals surface area contributed by atoms with Gasteiger partial charge in [-0.15, -0.1) is 0 Å². The lowest BCUT2D eigenvalue weighted by molar-refractivity contribution is 0.281. The van der Waals surface area contributed by atoms with Crippen molar-refractivity contribution in [2.45, 2.75) is 13.5 Å². The predicted octanol–water partition coefficient (Wildman–Crippen LogP) is 3.44. The van der Waals surface area contributed by atoms with Gasteiger partial charge in [-0.2, -0.15) is 0 Å². The van der Waals surface area contributed by atoms with Crippen LogP contribution >= 0.6 is 15.9 Å². The van der Waals surface area contributed by atoms with Crippen LogP contribution in [0.4, 0.5) is 0 Å². The molecule has 3 nitrogen and oxygen atoms in total. The second-order valence-electron chi connectivity index (χ2n) is 3.65. The van der Waals surface area contributed by atoms with E-state index in [1.54, 1.807) is 6.07 Å². The third-order valence-corrected chi connectivity index (χ3v) is 2.88. The first-order valence-corrected chi connectivity index (χ1v) is 5.99. The molecule has 0 unspecified atom stereocenters. The molecule has 1 N–H and O–H groups in total. The van der Waals surface area contributed by atoms with Crippen molar-refractivity contribution in [3.05, 3.63) is 52.1 Å². The van der Waals surface area contributed by atoms with E-state index < -0.39 is 0 Å². The maximum absolute atomic E-state index is 9.11. The molecule has 0 aliphatic carbocycles. The number of halogens is 1. The van der Waals surface area contributed by atoms with E-state index in [0.717, 1.165) is 15.7 Å². The van der Waals surface area contributed by atoms with Crippen LogP contribution < -0.4 is 4.74 Å². The molecule has 17 heavy (non-hydrogen) atoms. The fourth-order valence-corrected chi connectivity index (χ4v) is 1.86. The van der Waals surface area contributed by atoms with Crippen molar-refractivity contribution in [3.8, 4) is 11.6 Å². The molecule has 0 fully saturated rings. The molecule has 2 aromatic rings. The average Bonchev–Trinajstić information content (AvgIpc) is 2.31. The molecule has 0 spiro atoms. The topological polar surface area (TPSA) is 42.4 Å². The highest BCUT2D eigenvalue weighted by atomic mass is 79.9. The first-order chi connectivity index (χ1) is 8.19. The number of pyridine rings is 1. The van der Waals surface area contributed by atoms with Gasteiger partial charge in [-0.3, -0.25) is 0 Å². The molecule has 0 saturated carbocycles. The molecule has 0 atom stereocenters. The van der Waals surface area contributed by atoms with Gasteiger partial charge in [-0.25, -0.2) is 4.98 Å². The van der Waals surface area contributed by atoms with E-state index in [9.17, 15) is 0 Å². The molecule has 0 radical (unpaired) electrons. The summed E-state index contributed by atoms with van der Waals surface area (Å²) in [6, 6.07) is 11.1. The summed E-state index contributed by atoms with van der Waals surface area (Å²) < 4.78 is 6.53. The van der Waals surface area contributed by atoms with E-state index in [-0.39, 0.29) is 6.61 Å². The van der Waals surface area contributed by atoms with Crippen LogP contribution in [0.25, 0.3) is 0 Å². The van der Waals surface area contributed by atoms with Crippen molar-refractivity contribution in [2.24, 2.45) is 0 Å². The van der Waals surface area contributed by atoms with Crippen LogP contribution in [0.5, 0.6) is 11.6 Å². The highest BCUT2D eigenvalue weighted by Gasteiger charge is 2.04. The molecule has 1 aromatic carbocycles. The molecule has 2 rings (SSSR count). The molecular formula is C13H12BrNO2. The molecular weight excluding hydrogens is 282 g/mol. The monoisotopic (exact) mass is 293 g/mol. The molecule has 0 saturated heterocycles. The number of ether oxygens (including phenoxy) is 1. The predicted molar refractivity (Wildman–Crippen MR) is 69.1 cm³/mol. The number of para-hydroxylation sites is 1. The van der Waals surface area contributed by atoms with Gasteiger partial charge in [0.15, 0.2) is 0 Å². The summed E-state index contributed by atoms with van der Waals surface area (Å²) in [5, 5.41) is 9.11. The second-order valence-corrected chi connectivity index (χ2v) is 4.50. The zero-order valence-electron chi connectivity index (χ0n) is 9.35. The number of rotatable bonds is 3. The Morgan fingerprint density at radius 1 is 1.29 bits per heavy atom. The van der Waals surface area contributed by atoms with Crippen LogP contribution in [0.15, 0.2) is 40.9 Å². The minimum atomic E-state index is -0.0182. The van der Waals surface area contributed by atoms with E-state index in [1.165, 1.54) is 0 Å². The number of aryl methyl sites for hydroxylation is 1. The lowest BCUT2D eigenvalue weighted by Gasteiger charge is -2.08. The number of nitrogens with zero attached hydrogens (tertiary/aromatic N) is 1. The summed E-state index contributed by atoms with van der Waals surface area (Å²) in [5.41, 5.74) is 1.61. The van der Waals surface area contributed by atoms with E-state index >= 15 is 0 Å². The normalized spacial score (nSPS) is 10.3. The lowest BCUT2D eigenvalue weighted by Crippen LogP contribution is -1.94. The fourth-order valence-electron chi connectivity index (χ4n) is 1.49. The summed E-state index contributed by atoms with van der Waals surface area (Å²) in [6.45, 7) is 1.85. The summed E-state index contributed by atoms with van der Waals surface area (Å²) in [5.74, 6) is 1.19. The third kappa shape index (κ3) is 3.05. The van der Waals surface area contributed by atoms with Crippen LogP contribution in [0.2, 0.25) is 0 Å². The van der Waals surface area contributed by atoms with Crippen molar-refractivity contribution in [1.29, 1.82) is 0 Å². The molecule has 1 aromatic heterocycles. The van der Waals surface area contributed by atoms with Crippen LogP contribution in [0.3, 0.4) is 0 Å². The number of aromatic nitrogens is 1. The standard InChI is InChI=1S/C13H12BrNO2/c1-9-6-10(8-16)7-13(15-9)17-12-5-3-2-4-11(12)14/h2-7,16H,8H2,1H3. The quantitative estimate of drug-likeness (QED) is 0.943. The molecule has 88 valence electrons. The van der Waals surface area contributed by atoms with Crippen LogP contribution in [-0.2, 0) is 6.61 Å². The molecule has 4 heteroatoms. The minimum Gasteiger partial charge on any atom is -0.438 e. The zero-order valence-corrected chi connectivity index (χ0v) is 10.9. The van der Waals surface area contributed by atoms with E-state index in [0.29, 0.717) is 11.6 Å². The maximum atomic E-state index is 9.11. The van der Waals surface area contributed by atoms with Crippen molar-refractivity contribution >= 4 is 15.9 Å². The Morgan fingerprint density at radius 2 is 2.06 bits per heavy atom. The van der Waals surface area contributed by atoms with Gasteiger partial charge in [0.1, 0.15) is 5.75 Å². The number of hydrogen-bond acceptors (Lipinski definition) is 3. The van der Waals surface area contributed by atoms with Crippen LogP contribution in [-0.4, -0.2) is 10.1 Å². The van der Waals surface area contributed by atoms with Crippen molar-refractivity contribution < 1.29 is 9.84 Å². The Bertz CT molecular complexity index is 529. The molecule has 0 aliphatic rings. The zero-order chi connectivity index (χ0) is 12.3. The van der Waals surface area contributed by atoms with Gasteiger partial charge in [0.2, 0.25) is 5.88 Å². The SMILES string of the molecule is Cc1cc(CO)cc(Oc2ccccc2Br)n1. The fraction of sp³-hybridized carbons (Fsp3) is 0.154. The van der Waals surface area contributed by atoms with Gasteiger partial charge in [0.25, 0.3) is 0 Å². The third-order valence-electron chi connectivity index (χ3n) is 2.22. The number of hydrogen-bond donors (Lipinski definition) is 1. The molecule has 0 bridgehead atoms. The Balaban J connectivity index is 2.30. The largest absolute Gasteiger partial charge is 0.438 e. The molecule has 0 amide bonds. The van der Waals surface area contributed by atoms with Crippen LogP contribution in [0.1, 0.15) is 11.3 Å². The second kappa shape index (κ2) is 5.29. The van der Waals surface area contributed by atoms with Gasteiger partial charge in [0, 0.05) is 11.8 Å². The lowest BCUT2D eigenvalue weighted by atomic mass is 10.2. The smallest absolute Gasteiger partial charge is 0.219 e. The average molecular weight is 294 g/mol. The molecule has 0 aliphatic heterocycles. The summed E-state index contributed by atoms with van der Waals surface area (Å²) >= 11 is 3.41. The number of benzene rings is 1. The van der Waals surface area contributed by atoms with Gasteiger partial charge >= 0.3 is 0 Å². The number of aliphatic hydroxyl groups is 1. The Kier molecular flexibility index (Phi) is 3.76. The maximum Gasteiger partial charge on any atom is 0.219 e. The van der Waals surface area contributed by atoms with E-state index in [4.69, 9.17) is 9.84 Å². The first-order valence-electron chi connectivity index (χ1n) is 5.20. The van der Waals surface area contributed by atoms with Crippen molar-refractivity contribution in [2.75, 3.05) is 0 Å². The Morgan fingerprint density at radius 3 is 2.76 bits per heavy atom.